The van der Waals surface area contributed by atoms with E-state index in [1.165, 1.54) is 35.8 Å². The van der Waals surface area contributed by atoms with Gasteiger partial charge >= 0.3 is 0 Å². The van der Waals surface area contributed by atoms with Crippen molar-refractivity contribution in [3.8, 4) is 0 Å². The number of hydrogen-bond donors (Lipinski definition) is 1. The van der Waals surface area contributed by atoms with Gasteiger partial charge in [-0.1, -0.05) is 53.9 Å². The summed E-state index contributed by atoms with van der Waals surface area (Å²) in [6.45, 7) is 9.24. The minimum Gasteiger partial charge on any atom is -0.313 e. The molecule has 0 fully saturated rings. The zero-order valence-corrected chi connectivity index (χ0v) is 15.6. The first-order valence-corrected chi connectivity index (χ1v) is 9.05. The van der Waals surface area contributed by atoms with E-state index in [1.807, 2.05) is 0 Å². The highest BCUT2D eigenvalue weighted by atomic mass is 79.9. The summed E-state index contributed by atoms with van der Waals surface area (Å²) in [5.41, 5.74) is 1.36. The minimum atomic E-state index is 0.410. The van der Waals surface area contributed by atoms with Crippen molar-refractivity contribution in [3.05, 3.63) is 34.3 Å². The molecule has 0 spiro atoms. The van der Waals surface area contributed by atoms with Crippen LogP contribution in [0.4, 0.5) is 0 Å². The van der Waals surface area contributed by atoms with Crippen molar-refractivity contribution in [2.45, 2.75) is 58.5 Å². The van der Waals surface area contributed by atoms with Crippen LogP contribution in [0, 0.1) is 0 Å². The molecule has 0 amide bonds. The Bertz CT molecular complexity index is 393. The second-order valence-electron chi connectivity index (χ2n) is 5.99. The van der Waals surface area contributed by atoms with E-state index in [-0.39, 0.29) is 0 Å². The molecule has 0 saturated carbocycles. The van der Waals surface area contributed by atoms with E-state index >= 15 is 0 Å². The lowest BCUT2D eigenvalue weighted by Gasteiger charge is -2.29. The molecule has 0 aliphatic rings. The summed E-state index contributed by atoms with van der Waals surface area (Å²) in [6.07, 6.45) is 5.09. The maximum absolute atomic E-state index is 3.67. The number of nitrogens with one attached hydrogen (secondary N) is 1. The average molecular weight is 355 g/mol. The quantitative estimate of drug-likeness (QED) is 0.594. The van der Waals surface area contributed by atoms with Crippen LogP contribution in [0.25, 0.3) is 0 Å². The van der Waals surface area contributed by atoms with Crippen LogP contribution in [0.3, 0.4) is 0 Å². The number of benzene rings is 1. The van der Waals surface area contributed by atoms with Crippen LogP contribution in [0.5, 0.6) is 0 Å². The van der Waals surface area contributed by atoms with Crippen LogP contribution in [0.2, 0.25) is 0 Å². The molecule has 1 N–H and O–H groups in total. The Morgan fingerprint density at radius 2 is 1.86 bits per heavy atom. The molecule has 1 aromatic rings. The fourth-order valence-corrected chi connectivity index (χ4v) is 3.26. The lowest BCUT2D eigenvalue weighted by molar-refractivity contribution is 0.206. The normalized spacial score (nSPS) is 13.1. The van der Waals surface area contributed by atoms with E-state index in [1.54, 1.807) is 0 Å². The summed E-state index contributed by atoms with van der Waals surface area (Å²) in [5.74, 6) is 0. The third kappa shape index (κ3) is 6.50. The molecule has 0 aliphatic heterocycles. The van der Waals surface area contributed by atoms with Gasteiger partial charge in [-0.05, 0) is 51.9 Å². The maximum Gasteiger partial charge on any atom is 0.0340 e. The van der Waals surface area contributed by atoms with Crippen molar-refractivity contribution in [1.29, 1.82) is 0 Å². The van der Waals surface area contributed by atoms with E-state index in [9.17, 15) is 0 Å². The zero-order valence-electron chi connectivity index (χ0n) is 14.0. The molecule has 1 rings (SSSR count). The van der Waals surface area contributed by atoms with E-state index < -0.39 is 0 Å². The summed E-state index contributed by atoms with van der Waals surface area (Å²) in [6, 6.07) is 9.56. The predicted octanol–water partition coefficient (Wildman–Crippen LogP) is 5.00. The van der Waals surface area contributed by atoms with Gasteiger partial charge in [0.1, 0.15) is 0 Å². The van der Waals surface area contributed by atoms with Crippen molar-refractivity contribution in [3.63, 3.8) is 0 Å². The molecule has 1 atom stereocenters. The predicted molar refractivity (Wildman–Crippen MR) is 96.8 cm³/mol. The van der Waals surface area contributed by atoms with E-state index in [4.69, 9.17) is 0 Å². The molecule has 21 heavy (non-hydrogen) atoms. The highest BCUT2D eigenvalue weighted by molar-refractivity contribution is 9.10. The lowest BCUT2D eigenvalue weighted by atomic mass is 10.0. The van der Waals surface area contributed by atoms with Gasteiger partial charge in [0.05, 0.1) is 0 Å². The number of unbranched alkanes of at least 4 members (excludes halogenated alkanes) is 2. The van der Waals surface area contributed by atoms with Gasteiger partial charge in [0.25, 0.3) is 0 Å². The average Bonchev–Trinajstić information content (AvgIpc) is 2.47. The van der Waals surface area contributed by atoms with Crippen molar-refractivity contribution in [1.82, 2.24) is 10.2 Å². The Morgan fingerprint density at radius 3 is 2.43 bits per heavy atom. The number of rotatable bonds is 10. The van der Waals surface area contributed by atoms with Gasteiger partial charge in [-0.3, -0.25) is 0 Å². The van der Waals surface area contributed by atoms with Gasteiger partial charge in [0.15, 0.2) is 0 Å². The molecule has 120 valence electrons. The number of hydrogen-bond acceptors (Lipinski definition) is 2. The van der Waals surface area contributed by atoms with Crippen molar-refractivity contribution in [2.24, 2.45) is 0 Å². The fraction of sp³-hybridized carbons (Fsp3) is 0.667. The molecular weight excluding hydrogens is 324 g/mol. The molecule has 0 aromatic heterocycles. The second kappa shape index (κ2) is 10.4. The van der Waals surface area contributed by atoms with E-state index in [0.717, 1.165) is 13.0 Å². The fourth-order valence-electron chi connectivity index (χ4n) is 2.70. The molecule has 0 radical (unpaired) electrons. The van der Waals surface area contributed by atoms with Gasteiger partial charge in [-0.15, -0.1) is 0 Å². The third-order valence-corrected chi connectivity index (χ3v) is 4.84. The van der Waals surface area contributed by atoms with Gasteiger partial charge in [-0.25, -0.2) is 0 Å². The van der Waals surface area contributed by atoms with Crippen LogP contribution in [-0.2, 0) is 0 Å². The SMILES string of the molecule is CCCCCN(CCC(NC)c1ccccc1Br)C(C)C. The maximum atomic E-state index is 3.67. The van der Waals surface area contributed by atoms with Crippen LogP contribution in [0.1, 0.15) is 58.1 Å². The highest BCUT2D eigenvalue weighted by Gasteiger charge is 2.15. The molecular formula is C18H31BrN2. The molecule has 3 heteroatoms. The van der Waals surface area contributed by atoms with Crippen LogP contribution >= 0.6 is 15.9 Å². The van der Waals surface area contributed by atoms with Gasteiger partial charge in [0, 0.05) is 23.1 Å². The molecule has 1 unspecified atom stereocenters. The topological polar surface area (TPSA) is 15.3 Å². The summed E-state index contributed by atoms with van der Waals surface area (Å²) in [4.78, 5) is 2.61. The summed E-state index contributed by atoms with van der Waals surface area (Å²) in [5, 5.41) is 3.46. The first kappa shape index (κ1) is 18.7. The Balaban J connectivity index is 2.58. The zero-order chi connectivity index (χ0) is 15.7. The Hall–Kier alpha value is -0.380. The van der Waals surface area contributed by atoms with Gasteiger partial charge in [-0.2, -0.15) is 0 Å². The van der Waals surface area contributed by atoms with E-state index in [2.05, 4.69) is 78.2 Å². The smallest absolute Gasteiger partial charge is 0.0340 e. The molecule has 0 saturated heterocycles. The third-order valence-electron chi connectivity index (χ3n) is 4.11. The molecule has 0 heterocycles. The summed E-state index contributed by atoms with van der Waals surface area (Å²) < 4.78 is 1.20. The second-order valence-corrected chi connectivity index (χ2v) is 6.84. The number of halogens is 1. The van der Waals surface area contributed by atoms with Crippen LogP contribution < -0.4 is 5.32 Å². The van der Waals surface area contributed by atoms with E-state index in [0.29, 0.717) is 12.1 Å². The van der Waals surface area contributed by atoms with Crippen LogP contribution in [-0.4, -0.2) is 31.1 Å². The lowest BCUT2D eigenvalue weighted by Crippen LogP contribution is -2.34. The van der Waals surface area contributed by atoms with Gasteiger partial charge in [0.2, 0.25) is 0 Å². The number of nitrogens with zero attached hydrogens (tertiary/aromatic N) is 1. The summed E-state index contributed by atoms with van der Waals surface area (Å²) >= 11 is 3.67. The molecule has 2 nitrogen and oxygen atoms in total. The Kier molecular flexibility index (Phi) is 9.21. The molecule has 1 aromatic carbocycles. The Labute approximate surface area is 139 Å². The van der Waals surface area contributed by atoms with Crippen LogP contribution in [0.15, 0.2) is 28.7 Å². The van der Waals surface area contributed by atoms with Crippen molar-refractivity contribution >= 4 is 15.9 Å². The first-order chi connectivity index (χ1) is 10.1. The van der Waals surface area contributed by atoms with Crippen molar-refractivity contribution in [2.75, 3.05) is 20.1 Å². The Morgan fingerprint density at radius 1 is 1.14 bits per heavy atom. The monoisotopic (exact) mass is 354 g/mol. The standard InChI is InChI=1S/C18H31BrN2/c1-5-6-9-13-21(15(2)3)14-12-18(20-4)16-10-7-8-11-17(16)19/h7-8,10-11,15,18,20H,5-6,9,12-14H2,1-4H3. The highest BCUT2D eigenvalue weighted by Crippen LogP contribution is 2.25. The molecule has 0 aliphatic carbocycles. The largest absolute Gasteiger partial charge is 0.313 e. The van der Waals surface area contributed by atoms with Crippen molar-refractivity contribution < 1.29 is 0 Å². The first-order valence-electron chi connectivity index (χ1n) is 8.25. The molecule has 0 bridgehead atoms. The summed E-state index contributed by atoms with van der Waals surface area (Å²) in [7, 11) is 2.06. The van der Waals surface area contributed by atoms with Gasteiger partial charge < -0.3 is 10.2 Å². The minimum absolute atomic E-state index is 0.410.